The molecule has 0 saturated carbocycles. The zero-order valence-corrected chi connectivity index (χ0v) is 8.41. The van der Waals surface area contributed by atoms with Crippen LogP contribution in [0.4, 0.5) is 0 Å². The first-order chi connectivity index (χ1) is 7.36. The van der Waals surface area contributed by atoms with E-state index in [1.165, 1.54) is 10.9 Å². The zero-order chi connectivity index (χ0) is 10.3. The van der Waals surface area contributed by atoms with Gasteiger partial charge in [-0.15, -0.1) is 0 Å². The number of hydrogen-bond donors (Lipinski definition) is 2. The number of hydrogen-bond acceptors (Lipinski definition) is 1. The Balaban J connectivity index is 2.32. The highest BCUT2D eigenvalue weighted by atomic mass is 14.8. The highest BCUT2D eigenvalue weighted by Crippen LogP contribution is 2.26. The second-order valence-corrected chi connectivity index (χ2v) is 3.62. The Morgan fingerprint density at radius 3 is 2.87 bits per heavy atom. The Bertz CT molecular complexity index is 590. The van der Waals surface area contributed by atoms with E-state index in [2.05, 4.69) is 34.0 Å². The van der Waals surface area contributed by atoms with E-state index in [1.54, 1.807) is 0 Å². The molecule has 3 nitrogen and oxygen atoms in total. The lowest BCUT2D eigenvalue weighted by Crippen LogP contribution is -1.87. The van der Waals surface area contributed by atoms with Crippen LogP contribution in [0.1, 0.15) is 5.56 Å². The van der Waals surface area contributed by atoms with E-state index in [-0.39, 0.29) is 0 Å². The van der Waals surface area contributed by atoms with E-state index in [9.17, 15) is 0 Å². The van der Waals surface area contributed by atoms with Crippen LogP contribution in [-0.4, -0.2) is 15.0 Å². The quantitative estimate of drug-likeness (QED) is 0.619. The maximum absolute atomic E-state index is 4.38. The summed E-state index contributed by atoms with van der Waals surface area (Å²) in [5.41, 5.74) is 4.47. The number of aromatic nitrogens is 3. The van der Waals surface area contributed by atoms with Crippen molar-refractivity contribution in [3.05, 3.63) is 42.4 Å². The lowest BCUT2D eigenvalue weighted by molar-refractivity contribution is 1.29. The minimum absolute atomic E-state index is 0.947. The van der Waals surface area contributed by atoms with Crippen LogP contribution in [-0.2, 0) is 0 Å². The molecule has 0 saturated heterocycles. The standard InChI is InChI=1S/C12H11N3/c1-8-9-4-6-14-12(9)15-7-10(8)11-3-2-5-13-11/h2-7,13H,1H3,(H,14,15). The highest BCUT2D eigenvalue weighted by molar-refractivity contribution is 5.85. The summed E-state index contributed by atoms with van der Waals surface area (Å²) in [5.74, 6) is 0. The highest BCUT2D eigenvalue weighted by Gasteiger charge is 2.07. The molecule has 0 spiro atoms. The Morgan fingerprint density at radius 1 is 1.13 bits per heavy atom. The number of H-pyrrole nitrogens is 2. The number of pyridine rings is 1. The fourth-order valence-electron chi connectivity index (χ4n) is 1.91. The van der Waals surface area contributed by atoms with Crippen LogP contribution >= 0.6 is 0 Å². The van der Waals surface area contributed by atoms with E-state index in [4.69, 9.17) is 0 Å². The Morgan fingerprint density at radius 2 is 2.07 bits per heavy atom. The van der Waals surface area contributed by atoms with Crippen molar-refractivity contribution in [2.45, 2.75) is 6.92 Å². The van der Waals surface area contributed by atoms with E-state index >= 15 is 0 Å². The molecule has 0 unspecified atom stereocenters. The van der Waals surface area contributed by atoms with Gasteiger partial charge >= 0.3 is 0 Å². The lowest BCUT2D eigenvalue weighted by Gasteiger charge is -2.03. The maximum atomic E-state index is 4.38. The summed E-state index contributed by atoms with van der Waals surface area (Å²) in [4.78, 5) is 10.7. The van der Waals surface area contributed by atoms with Gasteiger partial charge in [-0.25, -0.2) is 4.98 Å². The molecule has 3 heteroatoms. The third-order valence-corrected chi connectivity index (χ3v) is 2.74. The van der Waals surface area contributed by atoms with Gasteiger partial charge in [0, 0.05) is 35.2 Å². The molecule has 15 heavy (non-hydrogen) atoms. The molecule has 0 fully saturated rings. The molecule has 0 amide bonds. The van der Waals surface area contributed by atoms with E-state index in [1.807, 2.05) is 24.7 Å². The SMILES string of the molecule is Cc1c(-c2ccc[nH]2)cnc2[nH]ccc12. The van der Waals surface area contributed by atoms with Crippen LogP contribution in [0.25, 0.3) is 22.3 Å². The van der Waals surface area contributed by atoms with Crippen LogP contribution in [0.5, 0.6) is 0 Å². The van der Waals surface area contributed by atoms with Gasteiger partial charge < -0.3 is 9.97 Å². The monoisotopic (exact) mass is 197 g/mol. The van der Waals surface area contributed by atoms with E-state index in [0.717, 1.165) is 16.9 Å². The molecule has 0 aromatic carbocycles. The zero-order valence-electron chi connectivity index (χ0n) is 8.41. The van der Waals surface area contributed by atoms with Crippen molar-refractivity contribution < 1.29 is 0 Å². The van der Waals surface area contributed by atoms with Gasteiger partial charge in [-0.05, 0) is 30.7 Å². The largest absolute Gasteiger partial charge is 0.361 e. The van der Waals surface area contributed by atoms with Crippen molar-refractivity contribution in [1.82, 2.24) is 15.0 Å². The number of nitrogens with one attached hydrogen (secondary N) is 2. The average molecular weight is 197 g/mol. The van der Waals surface area contributed by atoms with Gasteiger partial charge in [-0.3, -0.25) is 0 Å². The molecule has 0 aliphatic carbocycles. The van der Waals surface area contributed by atoms with Crippen LogP contribution in [0.15, 0.2) is 36.8 Å². The number of nitrogens with zero attached hydrogens (tertiary/aromatic N) is 1. The summed E-state index contributed by atoms with van der Waals surface area (Å²) in [6.45, 7) is 2.12. The third-order valence-electron chi connectivity index (χ3n) is 2.74. The molecule has 0 aliphatic heterocycles. The van der Waals surface area contributed by atoms with Gasteiger partial charge in [0.15, 0.2) is 0 Å². The fraction of sp³-hybridized carbons (Fsp3) is 0.0833. The van der Waals surface area contributed by atoms with Gasteiger partial charge in [0.05, 0.1) is 0 Å². The van der Waals surface area contributed by atoms with Crippen LogP contribution in [0, 0.1) is 6.92 Å². The molecule has 0 aliphatic rings. The molecular weight excluding hydrogens is 186 g/mol. The number of rotatable bonds is 1. The molecule has 3 aromatic rings. The number of fused-ring (bicyclic) bond motifs is 1. The maximum Gasteiger partial charge on any atom is 0.137 e. The molecule has 0 bridgehead atoms. The minimum Gasteiger partial charge on any atom is -0.361 e. The van der Waals surface area contributed by atoms with Crippen molar-refractivity contribution >= 4 is 11.0 Å². The topological polar surface area (TPSA) is 44.5 Å². The van der Waals surface area contributed by atoms with Crippen LogP contribution in [0.3, 0.4) is 0 Å². The molecule has 2 N–H and O–H groups in total. The molecule has 3 rings (SSSR count). The van der Waals surface area contributed by atoms with Gasteiger partial charge in [0.2, 0.25) is 0 Å². The number of aryl methyl sites for hydroxylation is 1. The summed E-state index contributed by atoms with van der Waals surface area (Å²) < 4.78 is 0. The third kappa shape index (κ3) is 1.16. The van der Waals surface area contributed by atoms with Crippen molar-refractivity contribution in [2.24, 2.45) is 0 Å². The van der Waals surface area contributed by atoms with Crippen LogP contribution < -0.4 is 0 Å². The van der Waals surface area contributed by atoms with Gasteiger partial charge in [0.1, 0.15) is 5.65 Å². The lowest BCUT2D eigenvalue weighted by atomic mass is 10.1. The summed E-state index contributed by atoms with van der Waals surface area (Å²) in [6.07, 6.45) is 5.75. The normalized spacial score (nSPS) is 11.0. The second kappa shape index (κ2) is 2.98. The van der Waals surface area contributed by atoms with E-state index < -0.39 is 0 Å². The fourth-order valence-corrected chi connectivity index (χ4v) is 1.91. The smallest absolute Gasteiger partial charge is 0.137 e. The van der Waals surface area contributed by atoms with Gasteiger partial charge in [-0.2, -0.15) is 0 Å². The molecule has 0 atom stereocenters. The molecular formula is C12H11N3. The Labute approximate surface area is 87.2 Å². The summed E-state index contributed by atoms with van der Waals surface area (Å²) in [5, 5.41) is 1.18. The number of aromatic amines is 2. The van der Waals surface area contributed by atoms with Crippen LogP contribution in [0.2, 0.25) is 0 Å². The first kappa shape index (κ1) is 8.29. The minimum atomic E-state index is 0.947. The molecule has 74 valence electrons. The molecule has 0 radical (unpaired) electrons. The van der Waals surface area contributed by atoms with Crippen molar-refractivity contribution in [1.29, 1.82) is 0 Å². The summed E-state index contributed by atoms with van der Waals surface area (Å²) in [7, 11) is 0. The average Bonchev–Trinajstić information content (AvgIpc) is 2.87. The molecule has 3 heterocycles. The summed E-state index contributed by atoms with van der Waals surface area (Å²) in [6, 6.07) is 6.11. The van der Waals surface area contributed by atoms with E-state index in [0.29, 0.717) is 0 Å². The first-order valence-electron chi connectivity index (χ1n) is 4.93. The van der Waals surface area contributed by atoms with Crippen molar-refractivity contribution in [3.63, 3.8) is 0 Å². The van der Waals surface area contributed by atoms with Gasteiger partial charge in [0.25, 0.3) is 0 Å². The predicted octanol–water partition coefficient (Wildman–Crippen LogP) is 2.87. The summed E-state index contributed by atoms with van der Waals surface area (Å²) >= 11 is 0. The second-order valence-electron chi connectivity index (χ2n) is 3.62. The molecule has 3 aromatic heterocycles. The van der Waals surface area contributed by atoms with Crippen molar-refractivity contribution in [2.75, 3.05) is 0 Å². The van der Waals surface area contributed by atoms with Crippen molar-refractivity contribution in [3.8, 4) is 11.3 Å². The Kier molecular flexibility index (Phi) is 1.65. The van der Waals surface area contributed by atoms with Gasteiger partial charge in [-0.1, -0.05) is 0 Å². The Hall–Kier alpha value is -2.03. The predicted molar refractivity (Wildman–Crippen MR) is 60.6 cm³/mol. The first-order valence-corrected chi connectivity index (χ1v) is 4.93.